The molecule has 3 N–H and O–H groups in total. The Balaban J connectivity index is 1.02. The molecule has 13 heteroatoms. The Hall–Kier alpha value is -5.98. The van der Waals surface area contributed by atoms with Gasteiger partial charge in [-0.3, -0.25) is 14.4 Å². The summed E-state index contributed by atoms with van der Waals surface area (Å²) in [5.41, 5.74) is 5.93. The molecule has 2 aliphatic rings. The van der Waals surface area contributed by atoms with Gasteiger partial charge in [-0.2, -0.15) is 0 Å². The van der Waals surface area contributed by atoms with E-state index < -0.39 is 18.1 Å². The predicted molar refractivity (Wildman–Crippen MR) is 221 cm³/mol. The van der Waals surface area contributed by atoms with Gasteiger partial charge in [0.2, 0.25) is 11.8 Å². The zero-order valence-electron chi connectivity index (χ0n) is 34.1. The summed E-state index contributed by atoms with van der Waals surface area (Å²) in [5.74, 6) is 0.418. The molecule has 0 spiro atoms. The van der Waals surface area contributed by atoms with Crippen LogP contribution >= 0.6 is 0 Å². The van der Waals surface area contributed by atoms with E-state index in [1.807, 2.05) is 49.9 Å². The van der Waals surface area contributed by atoms with Crippen LogP contribution < -0.4 is 5.32 Å². The molecule has 4 atom stereocenters. The lowest BCUT2D eigenvalue weighted by atomic mass is 9.91. The van der Waals surface area contributed by atoms with E-state index in [1.54, 1.807) is 0 Å². The number of likely N-dealkylation sites (tertiary alicyclic amines) is 2. The normalized spacial score (nSPS) is 17.9. The van der Waals surface area contributed by atoms with Crippen LogP contribution in [0.25, 0.3) is 44.4 Å². The number of ether oxygens (including phenoxy) is 2. The van der Waals surface area contributed by atoms with Crippen LogP contribution in [0.5, 0.6) is 0 Å². The number of carbonyl (C=O) groups is 4. The summed E-state index contributed by atoms with van der Waals surface area (Å²) in [6, 6.07) is 20.1. The minimum absolute atomic E-state index is 0.00710. The van der Waals surface area contributed by atoms with Gasteiger partial charge < -0.3 is 34.6 Å². The van der Waals surface area contributed by atoms with Crippen molar-refractivity contribution in [3.8, 4) is 33.6 Å². The largest absolute Gasteiger partial charge is 0.469 e. The number of carbonyl (C=O) groups excluding carboxylic acids is 4. The third-order valence-electron chi connectivity index (χ3n) is 11.7. The molecule has 0 radical (unpaired) electrons. The number of nitrogens with one attached hydrogen (secondary N) is 3. The molecule has 2 aromatic heterocycles. The maximum Gasteiger partial charge on any atom is 0.407 e. The van der Waals surface area contributed by atoms with Crippen molar-refractivity contribution >= 4 is 34.6 Å². The first-order valence-corrected chi connectivity index (χ1v) is 20.2. The summed E-state index contributed by atoms with van der Waals surface area (Å²) < 4.78 is 9.64. The van der Waals surface area contributed by atoms with E-state index in [9.17, 15) is 19.2 Å². The van der Waals surface area contributed by atoms with Crippen LogP contribution in [0.2, 0.25) is 0 Å². The van der Waals surface area contributed by atoms with E-state index in [0.29, 0.717) is 13.1 Å². The van der Waals surface area contributed by atoms with Gasteiger partial charge in [-0.05, 0) is 77.1 Å². The summed E-state index contributed by atoms with van der Waals surface area (Å²) in [6.45, 7) is 8.97. The van der Waals surface area contributed by atoms with Gasteiger partial charge >= 0.3 is 12.1 Å². The average molecular weight is 788 g/mol. The molecular formula is C45H53N7O6. The summed E-state index contributed by atoms with van der Waals surface area (Å²) >= 11 is 0. The Kier molecular flexibility index (Phi) is 12.0. The lowest BCUT2D eigenvalue weighted by molar-refractivity contribution is -0.148. The van der Waals surface area contributed by atoms with Crippen LogP contribution in [-0.2, 0) is 23.9 Å². The van der Waals surface area contributed by atoms with Crippen molar-refractivity contribution in [2.75, 3.05) is 27.3 Å². The van der Waals surface area contributed by atoms with Crippen molar-refractivity contribution in [3.05, 3.63) is 84.7 Å². The van der Waals surface area contributed by atoms with Gasteiger partial charge in [0, 0.05) is 18.7 Å². The predicted octanol–water partition coefficient (Wildman–Crippen LogP) is 7.83. The van der Waals surface area contributed by atoms with Crippen LogP contribution in [0.1, 0.15) is 83.5 Å². The molecule has 304 valence electrons. The monoisotopic (exact) mass is 787 g/mol. The lowest BCUT2D eigenvalue weighted by Gasteiger charge is -2.30. The number of aromatic nitrogens is 4. The van der Waals surface area contributed by atoms with Crippen LogP contribution in [0.15, 0.2) is 73.1 Å². The van der Waals surface area contributed by atoms with E-state index in [1.165, 1.54) is 14.2 Å². The number of esters is 1. The standard InChI is InChI=1S/C45H53N7O6/c1-26(2)34(23-39(53)57-5)43(54)51-19-7-9-37(51)41-46-24-35(48-41)29-13-11-28(12-14-29)30-15-16-32-22-33(18-17-31(32)21-30)36-25-47-42(49-36)38-10-8-20-52(38)44(55)40(27(3)4)50-45(56)58-6/h11-18,21-22,24-27,34,37-38,40H,7-10,19-20,23H2,1-6H3,(H,46,48)(H,47,49)(H,50,56)/t34-,37-,38-,40-/m0/s1. The quantitative estimate of drug-likeness (QED) is 0.108. The number of rotatable bonds is 12. The van der Waals surface area contributed by atoms with Crippen LogP contribution in [-0.4, -0.2) is 87.0 Å². The molecule has 3 aromatic carbocycles. The molecular weight excluding hydrogens is 735 g/mol. The number of methoxy groups -OCH3 is 2. The topological polar surface area (TPSA) is 163 Å². The Morgan fingerprint density at radius 2 is 1.21 bits per heavy atom. The Bertz CT molecular complexity index is 2280. The fourth-order valence-corrected chi connectivity index (χ4v) is 8.33. The summed E-state index contributed by atoms with van der Waals surface area (Å²) in [7, 11) is 2.65. The highest BCUT2D eigenvalue weighted by Crippen LogP contribution is 2.36. The van der Waals surface area contributed by atoms with Gasteiger partial charge in [-0.1, -0.05) is 76.2 Å². The van der Waals surface area contributed by atoms with Gasteiger partial charge in [-0.25, -0.2) is 14.8 Å². The molecule has 2 saturated heterocycles. The molecule has 7 rings (SSSR count). The maximum absolute atomic E-state index is 13.6. The third-order valence-corrected chi connectivity index (χ3v) is 11.7. The number of hydrogen-bond donors (Lipinski definition) is 3. The van der Waals surface area contributed by atoms with Gasteiger partial charge in [0.05, 0.1) is 62.4 Å². The van der Waals surface area contributed by atoms with E-state index in [0.717, 1.165) is 81.7 Å². The van der Waals surface area contributed by atoms with Gasteiger partial charge in [-0.15, -0.1) is 0 Å². The molecule has 0 bridgehead atoms. The first kappa shape index (κ1) is 40.2. The Morgan fingerprint density at radius 3 is 1.76 bits per heavy atom. The lowest BCUT2D eigenvalue weighted by Crippen LogP contribution is -2.51. The average Bonchev–Trinajstić information content (AvgIpc) is 4.07. The van der Waals surface area contributed by atoms with Crippen molar-refractivity contribution < 1.29 is 28.7 Å². The molecule has 5 aromatic rings. The minimum atomic E-state index is -0.686. The minimum Gasteiger partial charge on any atom is -0.469 e. The van der Waals surface area contributed by atoms with Crippen LogP contribution in [0.3, 0.4) is 0 Å². The van der Waals surface area contributed by atoms with E-state index in [4.69, 9.17) is 19.4 Å². The number of amides is 3. The number of imidazole rings is 2. The fraction of sp³-hybridized carbons (Fsp3) is 0.422. The summed E-state index contributed by atoms with van der Waals surface area (Å²) in [6.07, 6.45) is 6.42. The maximum atomic E-state index is 13.6. The second kappa shape index (κ2) is 17.3. The second-order valence-corrected chi connectivity index (χ2v) is 16.1. The van der Waals surface area contributed by atoms with E-state index in [2.05, 4.69) is 75.9 Å². The molecule has 0 aliphatic carbocycles. The molecule has 0 unspecified atom stereocenters. The Morgan fingerprint density at radius 1 is 0.690 bits per heavy atom. The number of hydrogen-bond acceptors (Lipinski definition) is 8. The SMILES string of the molecule is COC(=O)C[C@H](C(=O)N1CCC[C@H]1c1ncc(-c2ccc(-c3ccc4cc(-c5cnc([C@@H]6CCCN6C(=O)[C@@H](NC(=O)OC)C(C)C)[nH]5)ccc4c3)cc2)[nH]1)C(C)C. The Labute approximate surface area is 338 Å². The van der Waals surface area contributed by atoms with Crippen molar-refractivity contribution in [3.63, 3.8) is 0 Å². The first-order chi connectivity index (χ1) is 27.9. The van der Waals surface area contributed by atoms with Crippen molar-refractivity contribution in [2.24, 2.45) is 17.8 Å². The number of aromatic amines is 2. The highest BCUT2D eigenvalue weighted by molar-refractivity contribution is 5.91. The molecule has 2 aliphatic heterocycles. The first-order valence-electron chi connectivity index (χ1n) is 20.2. The molecule has 2 fully saturated rings. The molecule has 13 nitrogen and oxygen atoms in total. The van der Waals surface area contributed by atoms with Gasteiger partial charge in [0.25, 0.3) is 0 Å². The third kappa shape index (κ3) is 8.34. The second-order valence-electron chi connectivity index (χ2n) is 16.1. The zero-order valence-corrected chi connectivity index (χ0v) is 34.1. The summed E-state index contributed by atoms with van der Waals surface area (Å²) in [5, 5.41) is 4.90. The molecule has 3 amide bonds. The number of alkyl carbamates (subject to hydrolysis) is 1. The van der Waals surface area contributed by atoms with Crippen LogP contribution in [0, 0.1) is 17.8 Å². The molecule has 0 saturated carbocycles. The van der Waals surface area contributed by atoms with E-state index >= 15 is 0 Å². The van der Waals surface area contributed by atoms with Crippen LogP contribution in [0.4, 0.5) is 4.79 Å². The fourth-order valence-electron chi connectivity index (χ4n) is 8.33. The number of H-pyrrole nitrogens is 2. The highest BCUT2D eigenvalue weighted by atomic mass is 16.5. The van der Waals surface area contributed by atoms with Crippen molar-refractivity contribution in [2.45, 2.75) is 77.9 Å². The number of benzene rings is 3. The van der Waals surface area contributed by atoms with Crippen molar-refractivity contribution in [1.29, 1.82) is 0 Å². The molecule has 58 heavy (non-hydrogen) atoms. The van der Waals surface area contributed by atoms with Gasteiger partial charge in [0.1, 0.15) is 17.7 Å². The number of nitrogens with zero attached hydrogens (tertiary/aromatic N) is 4. The smallest absolute Gasteiger partial charge is 0.407 e. The van der Waals surface area contributed by atoms with Gasteiger partial charge in [0.15, 0.2) is 0 Å². The van der Waals surface area contributed by atoms with E-state index in [-0.39, 0.29) is 48.1 Å². The molecule has 4 heterocycles. The number of fused-ring (bicyclic) bond motifs is 1. The summed E-state index contributed by atoms with van der Waals surface area (Å²) in [4.78, 5) is 71.3. The van der Waals surface area contributed by atoms with Crippen molar-refractivity contribution in [1.82, 2.24) is 35.1 Å². The zero-order chi connectivity index (χ0) is 41.1. The highest BCUT2D eigenvalue weighted by Gasteiger charge is 2.39.